The Morgan fingerprint density at radius 2 is 1.86 bits per heavy atom. The number of hydrogen-bond acceptors (Lipinski definition) is 3. The molecule has 86 valence electrons. The van der Waals surface area contributed by atoms with Gasteiger partial charge in [0.15, 0.2) is 0 Å². The molecule has 0 fully saturated rings. The summed E-state index contributed by atoms with van der Waals surface area (Å²) >= 11 is 1.91. The summed E-state index contributed by atoms with van der Waals surface area (Å²) in [4.78, 5) is 0. The molecule has 0 aliphatic carbocycles. The van der Waals surface area contributed by atoms with Crippen LogP contribution in [0.25, 0.3) is 0 Å². The van der Waals surface area contributed by atoms with Gasteiger partial charge in [-0.15, -0.1) is 0 Å². The van der Waals surface area contributed by atoms with Crippen LogP contribution in [0.15, 0.2) is 0 Å². The van der Waals surface area contributed by atoms with Crippen LogP contribution < -0.4 is 10.6 Å². The molecular weight excluding hydrogens is 192 g/mol. The molecule has 0 spiro atoms. The van der Waals surface area contributed by atoms with Crippen molar-refractivity contribution in [2.24, 2.45) is 0 Å². The average Bonchev–Trinajstić information content (AvgIpc) is 2.08. The van der Waals surface area contributed by atoms with Gasteiger partial charge in [0, 0.05) is 30.4 Å². The van der Waals surface area contributed by atoms with Crippen molar-refractivity contribution in [1.82, 2.24) is 10.6 Å². The Balaban J connectivity index is 3.42. The lowest BCUT2D eigenvalue weighted by atomic mass is 10.1. The Morgan fingerprint density at radius 3 is 2.29 bits per heavy atom. The first-order valence-electron chi connectivity index (χ1n) is 5.47. The first-order chi connectivity index (χ1) is 6.49. The zero-order valence-corrected chi connectivity index (χ0v) is 11.1. The number of hydrogen-bond donors (Lipinski definition) is 2. The molecule has 0 aromatic carbocycles. The summed E-state index contributed by atoms with van der Waals surface area (Å²) < 4.78 is 0. The third kappa shape index (κ3) is 8.85. The minimum absolute atomic E-state index is 0.239. The largest absolute Gasteiger partial charge is 0.312 e. The molecule has 0 aliphatic rings. The molecule has 0 aromatic heterocycles. The summed E-state index contributed by atoms with van der Waals surface area (Å²) in [5.74, 6) is 1.21. The molecule has 2 N–H and O–H groups in total. The highest BCUT2D eigenvalue weighted by molar-refractivity contribution is 7.98. The second kappa shape index (κ2) is 7.55. The summed E-state index contributed by atoms with van der Waals surface area (Å²) in [6.45, 7) is 11.0. The number of nitrogens with one attached hydrogen (secondary N) is 2. The van der Waals surface area contributed by atoms with E-state index in [0.29, 0.717) is 6.04 Å². The van der Waals surface area contributed by atoms with Gasteiger partial charge < -0.3 is 10.6 Å². The fourth-order valence-corrected chi connectivity index (χ4v) is 1.99. The van der Waals surface area contributed by atoms with E-state index in [-0.39, 0.29) is 5.54 Å². The van der Waals surface area contributed by atoms with Crippen LogP contribution in [-0.4, -0.2) is 36.7 Å². The van der Waals surface area contributed by atoms with E-state index in [0.717, 1.165) is 13.1 Å². The lowest BCUT2D eigenvalue weighted by Gasteiger charge is -2.22. The van der Waals surface area contributed by atoms with E-state index in [9.17, 15) is 0 Å². The maximum absolute atomic E-state index is 3.56. The van der Waals surface area contributed by atoms with E-state index in [1.54, 1.807) is 0 Å². The van der Waals surface area contributed by atoms with Crippen LogP contribution in [0.3, 0.4) is 0 Å². The predicted molar refractivity (Wildman–Crippen MR) is 68.2 cm³/mol. The SMILES string of the molecule is CCC(CSC)NCCNC(C)(C)C. The van der Waals surface area contributed by atoms with E-state index in [2.05, 4.69) is 44.6 Å². The van der Waals surface area contributed by atoms with Gasteiger partial charge in [0.05, 0.1) is 0 Å². The Bertz CT molecular complexity index is 132. The zero-order chi connectivity index (χ0) is 11.0. The summed E-state index contributed by atoms with van der Waals surface area (Å²) in [6.07, 6.45) is 3.38. The lowest BCUT2D eigenvalue weighted by Crippen LogP contribution is -2.42. The molecule has 14 heavy (non-hydrogen) atoms. The van der Waals surface area contributed by atoms with Crippen molar-refractivity contribution in [3.63, 3.8) is 0 Å². The monoisotopic (exact) mass is 218 g/mol. The number of thioether (sulfide) groups is 1. The van der Waals surface area contributed by atoms with Crippen LogP contribution in [0.4, 0.5) is 0 Å². The molecule has 0 aromatic rings. The third-order valence-electron chi connectivity index (χ3n) is 2.07. The van der Waals surface area contributed by atoms with E-state index in [1.165, 1.54) is 12.2 Å². The minimum atomic E-state index is 0.239. The van der Waals surface area contributed by atoms with Gasteiger partial charge in [0.25, 0.3) is 0 Å². The smallest absolute Gasteiger partial charge is 0.0156 e. The second-order valence-corrected chi connectivity index (χ2v) is 5.60. The van der Waals surface area contributed by atoms with Gasteiger partial charge in [0.1, 0.15) is 0 Å². The minimum Gasteiger partial charge on any atom is -0.312 e. The predicted octanol–water partition coefficient (Wildman–Crippen LogP) is 2.11. The Kier molecular flexibility index (Phi) is 7.69. The van der Waals surface area contributed by atoms with Gasteiger partial charge in [-0.05, 0) is 33.4 Å². The molecule has 0 bridgehead atoms. The van der Waals surface area contributed by atoms with Gasteiger partial charge in [-0.25, -0.2) is 0 Å². The van der Waals surface area contributed by atoms with Crippen LogP contribution >= 0.6 is 11.8 Å². The van der Waals surface area contributed by atoms with Gasteiger partial charge >= 0.3 is 0 Å². The van der Waals surface area contributed by atoms with Crippen molar-refractivity contribution in [2.45, 2.75) is 45.7 Å². The van der Waals surface area contributed by atoms with Gasteiger partial charge in [-0.2, -0.15) is 11.8 Å². The van der Waals surface area contributed by atoms with Crippen LogP contribution in [0.1, 0.15) is 34.1 Å². The normalized spacial score (nSPS) is 14.4. The molecule has 0 heterocycles. The molecule has 1 atom stereocenters. The van der Waals surface area contributed by atoms with Crippen LogP contribution in [0, 0.1) is 0 Å². The van der Waals surface area contributed by atoms with Crippen LogP contribution in [0.5, 0.6) is 0 Å². The first-order valence-corrected chi connectivity index (χ1v) is 6.86. The third-order valence-corrected chi connectivity index (χ3v) is 2.81. The highest BCUT2D eigenvalue weighted by atomic mass is 32.2. The molecule has 0 amide bonds. The maximum Gasteiger partial charge on any atom is 0.0156 e. The molecule has 0 saturated heterocycles. The van der Waals surface area contributed by atoms with Crippen LogP contribution in [-0.2, 0) is 0 Å². The van der Waals surface area contributed by atoms with Crippen molar-refractivity contribution in [1.29, 1.82) is 0 Å². The van der Waals surface area contributed by atoms with Crippen molar-refractivity contribution in [2.75, 3.05) is 25.1 Å². The molecule has 0 saturated carbocycles. The Labute approximate surface area is 93.6 Å². The zero-order valence-electron chi connectivity index (χ0n) is 10.3. The Hall–Kier alpha value is 0.270. The summed E-state index contributed by atoms with van der Waals surface area (Å²) in [6, 6.07) is 0.673. The van der Waals surface area contributed by atoms with Crippen molar-refractivity contribution in [3.8, 4) is 0 Å². The summed E-state index contributed by atoms with van der Waals surface area (Å²) in [5, 5.41) is 7.03. The van der Waals surface area contributed by atoms with Crippen LogP contribution in [0.2, 0.25) is 0 Å². The fourth-order valence-electron chi connectivity index (χ4n) is 1.24. The molecule has 3 heteroatoms. The van der Waals surface area contributed by atoms with Crippen molar-refractivity contribution < 1.29 is 0 Å². The Morgan fingerprint density at radius 1 is 1.21 bits per heavy atom. The van der Waals surface area contributed by atoms with Crippen molar-refractivity contribution >= 4 is 11.8 Å². The lowest BCUT2D eigenvalue weighted by molar-refractivity contribution is 0.412. The highest BCUT2D eigenvalue weighted by Gasteiger charge is 2.08. The maximum atomic E-state index is 3.56. The topological polar surface area (TPSA) is 24.1 Å². The molecule has 1 unspecified atom stereocenters. The van der Waals surface area contributed by atoms with E-state index in [4.69, 9.17) is 0 Å². The van der Waals surface area contributed by atoms with E-state index >= 15 is 0 Å². The molecule has 0 rings (SSSR count). The first kappa shape index (κ1) is 14.3. The number of rotatable bonds is 7. The molecule has 0 radical (unpaired) electrons. The molecule has 0 aliphatic heterocycles. The van der Waals surface area contributed by atoms with Gasteiger partial charge in [0.2, 0.25) is 0 Å². The van der Waals surface area contributed by atoms with Crippen molar-refractivity contribution in [3.05, 3.63) is 0 Å². The van der Waals surface area contributed by atoms with Gasteiger partial charge in [-0.3, -0.25) is 0 Å². The summed E-state index contributed by atoms with van der Waals surface area (Å²) in [7, 11) is 0. The van der Waals surface area contributed by atoms with E-state index in [1.807, 2.05) is 11.8 Å². The average molecular weight is 218 g/mol. The molecule has 2 nitrogen and oxygen atoms in total. The van der Waals surface area contributed by atoms with E-state index < -0.39 is 0 Å². The second-order valence-electron chi connectivity index (χ2n) is 4.69. The summed E-state index contributed by atoms with van der Waals surface area (Å²) in [5.41, 5.74) is 0.239. The highest BCUT2D eigenvalue weighted by Crippen LogP contribution is 2.00. The quantitative estimate of drug-likeness (QED) is 0.640. The standard InChI is InChI=1S/C11H26N2S/c1-6-10(9-14-5)12-7-8-13-11(2,3)4/h10,12-13H,6-9H2,1-5H3. The molecular formula is C11H26N2S. The fraction of sp³-hybridized carbons (Fsp3) is 1.00. The van der Waals surface area contributed by atoms with Gasteiger partial charge in [-0.1, -0.05) is 6.92 Å².